The Kier molecular flexibility index (Phi) is 7.09. The van der Waals surface area contributed by atoms with Crippen molar-refractivity contribution in [2.24, 2.45) is 0 Å². The fraction of sp³-hybridized carbons (Fsp3) is 0.269. The van der Waals surface area contributed by atoms with E-state index < -0.39 is 10.0 Å². The number of carbonyl (C=O) groups excluding carboxylic acids is 1. The van der Waals surface area contributed by atoms with Gasteiger partial charge in [0.2, 0.25) is 15.2 Å². The summed E-state index contributed by atoms with van der Waals surface area (Å²) in [6.07, 6.45) is 2.78. The summed E-state index contributed by atoms with van der Waals surface area (Å²) in [6, 6.07) is 15.4. The van der Waals surface area contributed by atoms with Gasteiger partial charge in [-0.1, -0.05) is 6.42 Å². The van der Waals surface area contributed by atoms with Crippen LogP contribution in [0, 0.1) is 6.92 Å². The zero-order chi connectivity index (χ0) is 26.0. The number of ether oxygens (including phenoxy) is 1. The highest BCUT2D eigenvalue weighted by atomic mass is 32.2. The molecule has 0 saturated carbocycles. The Morgan fingerprint density at radius 2 is 1.73 bits per heavy atom. The Balaban J connectivity index is 1.33. The van der Waals surface area contributed by atoms with Crippen LogP contribution in [0.15, 0.2) is 64.9 Å². The van der Waals surface area contributed by atoms with Gasteiger partial charge in [0.1, 0.15) is 11.6 Å². The predicted octanol–water partition coefficient (Wildman–Crippen LogP) is 4.74. The van der Waals surface area contributed by atoms with Gasteiger partial charge in [0.15, 0.2) is 0 Å². The topological polar surface area (TPSA) is 106 Å². The molecule has 1 amide bonds. The summed E-state index contributed by atoms with van der Waals surface area (Å²) in [7, 11) is -1.93. The third kappa shape index (κ3) is 5.29. The van der Waals surface area contributed by atoms with Gasteiger partial charge in [0.05, 0.1) is 23.4 Å². The van der Waals surface area contributed by atoms with Gasteiger partial charge in [-0.3, -0.25) is 4.79 Å². The number of amides is 1. The van der Waals surface area contributed by atoms with E-state index in [9.17, 15) is 13.2 Å². The normalized spacial score (nSPS) is 14.4. The van der Waals surface area contributed by atoms with Crippen LogP contribution >= 0.6 is 11.3 Å². The number of thiazole rings is 1. The molecule has 0 unspecified atom stereocenters. The molecule has 0 radical (unpaired) electrons. The van der Waals surface area contributed by atoms with E-state index in [1.165, 1.54) is 39.9 Å². The maximum Gasteiger partial charge on any atom is 0.256 e. The molecule has 2 aromatic carbocycles. The van der Waals surface area contributed by atoms with Crippen LogP contribution in [0.4, 0.5) is 5.82 Å². The van der Waals surface area contributed by atoms with Crippen molar-refractivity contribution in [2.75, 3.05) is 25.5 Å². The first-order valence-electron chi connectivity index (χ1n) is 11.9. The van der Waals surface area contributed by atoms with Crippen LogP contribution in [0.2, 0.25) is 0 Å². The Morgan fingerprint density at radius 1 is 1.03 bits per heavy atom. The maximum atomic E-state index is 13.0. The van der Waals surface area contributed by atoms with Crippen LogP contribution < -0.4 is 10.1 Å². The first-order valence-corrected chi connectivity index (χ1v) is 14.3. The minimum absolute atomic E-state index is 0.195. The number of methoxy groups -OCH3 is 1. The van der Waals surface area contributed by atoms with Crippen molar-refractivity contribution in [3.63, 3.8) is 0 Å². The van der Waals surface area contributed by atoms with E-state index in [1.54, 1.807) is 17.9 Å². The molecule has 1 saturated heterocycles. The van der Waals surface area contributed by atoms with Crippen molar-refractivity contribution in [1.82, 2.24) is 19.1 Å². The lowest BCUT2D eigenvalue weighted by atomic mass is 10.2. The number of piperidine rings is 1. The highest BCUT2D eigenvalue weighted by Crippen LogP contribution is 2.28. The van der Waals surface area contributed by atoms with Crippen molar-refractivity contribution in [3.8, 4) is 22.1 Å². The van der Waals surface area contributed by atoms with Gasteiger partial charge in [-0.15, -0.1) is 11.3 Å². The molecular formula is C26H27N5O4S2. The van der Waals surface area contributed by atoms with Gasteiger partial charge >= 0.3 is 0 Å². The number of benzene rings is 2. The number of carbonyl (C=O) groups is 1. The van der Waals surface area contributed by atoms with Gasteiger partial charge < -0.3 is 10.1 Å². The number of aromatic nitrogens is 3. The summed E-state index contributed by atoms with van der Waals surface area (Å²) in [5.74, 6) is 0.877. The average molecular weight is 538 g/mol. The van der Waals surface area contributed by atoms with Gasteiger partial charge in [0, 0.05) is 35.7 Å². The second-order valence-corrected chi connectivity index (χ2v) is 11.5. The van der Waals surface area contributed by atoms with Crippen LogP contribution in [-0.2, 0) is 10.0 Å². The predicted molar refractivity (Wildman–Crippen MR) is 143 cm³/mol. The minimum Gasteiger partial charge on any atom is -0.497 e. The fourth-order valence-corrected chi connectivity index (χ4v) is 6.52. The standard InChI is InChI=1S/C26H27N5O4S2/c1-18-16-24(31(29-18)26-27-23(17-36-26)19-6-10-21(35-2)11-7-19)28-25(32)20-8-12-22(13-9-20)37(33,34)30-14-4-3-5-15-30/h6-13,16-17H,3-5,14-15H2,1-2H3,(H,28,32). The molecule has 0 spiro atoms. The van der Waals surface area contributed by atoms with E-state index in [0.717, 1.165) is 42.0 Å². The molecule has 0 aliphatic carbocycles. The van der Waals surface area contributed by atoms with Crippen molar-refractivity contribution in [3.05, 3.63) is 71.2 Å². The van der Waals surface area contributed by atoms with E-state index in [2.05, 4.69) is 10.4 Å². The molecule has 1 fully saturated rings. The minimum atomic E-state index is -3.55. The van der Waals surface area contributed by atoms with Crippen LogP contribution in [-0.4, -0.2) is 53.6 Å². The van der Waals surface area contributed by atoms with E-state index in [1.807, 2.05) is 36.6 Å². The number of sulfonamides is 1. The molecule has 0 atom stereocenters. The summed E-state index contributed by atoms with van der Waals surface area (Å²) in [6.45, 7) is 2.90. The number of hydrogen-bond donors (Lipinski definition) is 1. The zero-order valence-electron chi connectivity index (χ0n) is 20.5. The lowest BCUT2D eigenvalue weighted by Crippen LogP contribution is -2.35. The summed E-state index contributed by atoms with van der Waals surface area (Å²) in [5, 5.41) is 9.93. The molecule has 192 valence electrons. The molecule has 2 aromatic heterocycles. The Morgan fingerprint density at radius 3 is 2.41 bits per heavy atom. The van der Waals surface area contributed by atoms with E-state index >= 15 is 0 Å². The molecule has 0 bridgehead atoms. The van der Waals surface area contributed by atoms with E-state index in [0.29, 0.717) is 29.6 Å². The smallest absolute Gasteiger partial charge is 0.256 e. The largest absolute Gasteiger partial charge is 0.497 e. The molecule has 5 rings (SSSR count). The molecule has 4 aromatic rings. The third-order valence-corrected chi connectivity index (χ3v) is 8.93. The number of anilines is 1. The second kappa shape index (κ2) is 10.4. The van der Waals surface area contributed by atoms with Crippen LogP contribution in [0.3, 0.4) is 0 Å². The molecule has 37 heavy (non-hydrogen) atoms. The maximum absolute atomic E-state index is 13.0. The quantitative estimate of drug-likeness (QED) is 0.365. The van der Waals surface area contributed by atoms with Gasteiger partial charge in [-0.05, 0) is 68.3 Å². The monoisotopic (exact) mass is 537 g/mol. The van der Waals surface area contributed by atoms with Crippen molar-refractivity contribution >= 4 is 33.1 Å². The number of rotatable bonds is 7. The summed E-state index contributed by atoms with van der Waals surface area (Å²) in [5.41, 5.74) is 2.80. The van der Waals surface area contributed by atoms with Gasteiger partial charge in [-0.25, -0.2) is 13.4 Å². The number of nitrogens with zero attached hydrogens (tertiary/aromatic N) is 4. The lowest BCUT2D eigenvalue weighted by molar-refractivity contribution is 0.102. The van der Waals surface area contributed by atoms with Crippen LogP contribution in [0.1, 0.15) is 35.3 Å². The second-order valence-electron chi connectivity index (χ2n) is 8.77. The van der Waals surface area contributed by atoms with Crippen molar-refractivity contribution in [2.45, 2.75) is 31.1 Å². The summed E-state index contributed by atoms with van der Waals surface area (Å²) in [4.78, 5) is 17.9. The van der Waals surface area contributed by atoms with Crippen LogP contribution in [0.5, 0.6) is 5.75 Å². The van der Waals surface area contributed by atoms with E-state index in [4.69, 9.17) is 9.72 Å². The number of aryl methyl sites for hydroxylation is 1. The molecule has 1 aliphatic heterocycles. The lowest BCUT2D eigenvalue weighted by Gasteiger charge is -2.25. The molecule has 3 heterocycles. The molecular weight excluding hydrogens is 510 g/mol. The fourth-order valence-electron chi connectivity index (χ4n) is 4.21. The van der Waals surface area contributed by atoms with Crippen molar-refractivity contribution < 1.29 is 17.9 Å². The number of nitrogens with one attached hydrogen (secondary N) is 1. The summed E-state index contributed by atoms with van der Waals surface area (Å²) < 4.78 is 34.1. The Labute approximate surface area is 219 Å². The molecule has 9 nitrogen and oxygen atoms in total. The highest BCUT2D eigenvalue weighted by molar-refractivity contribution is 7.89. The van der Waals surface area contributed by atoms with Gasteiger partial charge in [0.25, 0.3) is 5.91 Å². The first-order chi connectivity index (χ1) is 17.8. The van der Waals surface area contributed by atoms with Gasteiger partial charge in [-0.2, -0.15) is 14.1 Å². The Bertz CT molecular complexity index is 1500. The van der Waals surface area contributed by atoms with E-state index in [-0.39, 0.29) is 10.8 Å². The SMILES string of the molecule is COc1ccc(-c2csc(-n3nc(C)cc3NC(=O)c3ccc(S(=O)(=O)N4CCCCC4)cc3)n2)cc1. The molecule has 1 N–H and O–H groups in total. The Hall–Kier alpha value is -3.54. The third-order valence-electron chi connectivity index (χ3n) is 6.20. The number of hydrogen-bond acceptors (Lipinski definition) is 7. The molecule has 1 aliphatic rings. The van der Waals surface area contributed by atoms with Crippen LogP contribution in [0.25, 0.3) is 16.4 Å². The zero-order valence-corrected chi connectivity index (χ0v) is 22.2. The van der Waals surface area contributed by atoms with Crippen molar-refractivity contribution in [1.29, 1.82) is 0 Å². The highest BCUT2D eigenvalue weighted by Gasteiger charge is 2.26. The molecule has 11 heteroatoms. The summed E-state index contributed by atoms with van der Waals surface area (Å²) >= 11 is 1.41. The average Bonchev–Trinajstić information content (AvgIpc) is 3.56. The first kappa shape index (κ1) is 25.1.